The van der Waals surface area contributed by atoms with Gasteiger partial charge in [0.05, 0.1) is 11.3 Å². The highest BCUT2D eigenvalue weighted by atomic mass is 17.1. The summed E-state index contributed by atoms with van der Waals surface area (Å²) in [5, 5.41) is 14.1. The zero-order valence-electron chi connectivity index (χ0n) is 15.3. The van der Waals surface area contributed by atoms with Crippen LogP contribution in [0.1, 0.15) is 45.2 Å². The van der Waals surface area contributed by atoms with Crippen LogP contribution in [0, 0.1) is 0 Å². The number of urea groups is 1. The number of hydrogen-bond acceptors (Lipinski definition) is 5. The molecular formula is C21H20N2O5. The third-order valence-electron chi connectivity index (χ3n) is 4.57. The standard InChI is InChI=1S/C21H20N2O5/c1-12(2)17(28-27)10-11-22-21(26)23-16-9-5-8-15-18(16)20(25)14-7-4-3-6-13(14)19(15)24/h3-9,17,27H,1,10-11H2,2H3,(H2,22,23,26). The number of fused-ring (bicyclic) bond motifs is 2. The molecule has 2 aromatic carbocycles. The Morgan fingerprint density at radius 3 is 2.36 bits per heavy atom. The van der Waals surface area contributed by atoms with Gasteiger partial charge in [-0.1, -0.05) is 43.0 Å². The van der Waals surface area contributed by atoms with Crippen LogP contribution >= 0.6 is 0 Å². The molecule has 0 aliphatic heterocycles. The van der Waals surface area contributed by atoms with E-state index in [1.165, 1.54) is 0 Å². The number of hydrogen-bond donors (Lipinski definition) is 3. The summed E-state index contributed by atoms with van der Waals surface area (Å²) < 4.78 is 0. The van der Waals surface area contributed by atoms with E-state index in [4.69, 9.17) is 5.26 Å². The van der Waals surface area contributed by atoms with Gasteiger partial charge >= 0.3 is 6.03 Å². The van der Waals surface area contributed by atoms with Gasteiger partial charge in [-0.05, 0) is 25.0 Å². The molecule has 0 fully saturated rings. The first-order valence-corrected chi connectivity index (χ1v) is 8.76. The molecule has 2 aromatic rings. The molecule has 7 nitrogen and oxygen atoms in total. The van der Waals surface area contributed by atoms with Crippen LogP contribution < -0.4 is 10.6 Å². The van der Waals surface area contributed by atoms with Gasteiger partial charge in [-0.15, -0.1) is 0 Å². The molecule has 0 saturated heterocycles. The SMILES string of the molecule is C=C(C)C(CCNC(=O)Nc1cccc2c1C(=O)c1ccccc1C2=O)OO. The zero-order valence-corrected chi connectivity index (χ0v) is 15.3. The van der Waals surface area contributed by atoms with Gasteiger partial charge in [-0.25, -0.2) is 9.68 Å². The lowest BCUT2D eigenvalue weighted by Gasteiger charge is -2.20. The van der Waals surface area contributed by atoms with Crippen molar-refractivity contribution in [3.05, 3.63) is 76.9 Å². The number of nitrogens with one attached hydrogen (secondary N) is 2. The van der Waals surface area contributed by atoms with Gasteiger partial charge in [0.25, 0.3) is 0 Å². The maximum Gasteiger partial charge on any atom is 0.319 e. The summed E-state index contributed by atoms with van der Waals surface area (Å²) in [6, 6.07) is 10.8. The first kappa shape index (κ1) is 19.5. The minimum Gasteiger partial charge on any atom is -0.338 e. The van der Waals surface area contributed by atoms with E-state index in [0.29, 0.717) is 23.1 Å². The summed E-state index contributed by atoms with van der Waals surface area (Å²) in [5.41, 5.74) is 2.01. The predicted molar refractivity (Wildman–Crippen MR) is 104 cm³/mol. The van der Waals surface area contributed by atoms with Crippen LogP contribution in [0.3, 0.4) is 0 Å². The quantitative estimate of drug-likeness (QED) is 0.345. The molecule has 3 rings (SSSR count). The molecular weight excluding hydrogens is 360 g/mol. The van der Waals surface area contributed by atoms with Crippen LogP contribution in [0.25, 0.3) is 0 Å². The highest BCUT2D eigenvalue weighted by Gasteiger charge is 2.31. The third-order valence-corrected chi connectivity index (χ3v) is 4.57. The van der Waals surface area contributed by atoms with Gasteiger partial charge < -0.3 is 10.6 Å². The van der Waals surface area contributed by atoms with Crippen LogP contribution in [0.5, 0.6) is 0 Å². The van der Waals surface area contributed by atoms with Gasteiger partial charge in [0.15, 0.2) is 11.6 Å². The molecule has 1 atom stereocenters. The van der Waals surface area contributed by atoms with E-state index in [2.05, 4.69) is 22.1 Å². The summed E-state index contributed by atoms with van der Waals surface area (Å²) >= 11 is 0. The van der Waals surface area contributed by atoms with E-state index in [1.54, 1.807) is 49.4 Å². The van der Waals surface area contributed by atoms with E-state index >= 15 is 0 Å². The second-order valence-corrected chi connectivity index (χ2v) is 6.54. The van der Waals surface area contributed by atoms with E-state index in [0.717, 1.165) is 0 Å². The van der Waals surface area contributed by atoms with Crippen molar-refractivity contribution in [1.29, 1.82) is 0 Å². The second-order valence-electron chi connectivity index (χ2n) is 6.54. The maximum absolute atomic E-state index is 12.9. The number of carbonyl (C=O) groups excluding carboxylic acids is 3. The van der Waals surface area contributed by atoms with Crippen molar-refractivity contribution in [1.82, 2.24) is 5.32 Å². The zero-order chi connectivity index (χ0) is 20.3. The number of anilines is 1. The lowest BCUT2D eigenvalue weighted by Crippen LogP contribution is -2.33. The van der Waals surface area contributed by atoms with Crippen molar-refractivity contribution in [2.45, 2.75) is 19.4 Å². The second kappa shape index (κ2) is 8.16. The summed E-state index contributed by atoms with van der Waals surface area (Å²) in [6.45, 7) is 5.61. The molecule has 0 bridgehead atoms. The average molecular weight is 380 g/mol. The Bertz CT molecular complexity index is 967. The van der Waals surface area contributed by atoms with Gasteiger partial charge in [-0.2, -0.15) is 0 Å². The molecule has 1 unspecified atom stereocenters. The van der Waals surface area contributed by atoms with Crippen molar-refractivity contribution < 1.29 is 24.5 Å². The largest absolute Gasteiger partial charge is 0.338 e. The fourth-order valence-electron chi connectivity index (χ4n) is 3.12. The minimum absolute atomic E-state index is 0.180. The molecule has 0 saturated carbocycles. The Morgan fingerprint density at radius 2 is 1.71 bits per heavy atom. The molecule has 7 heteroatoms. The van der Waals surface area contributed by atoms with E-state index in [1.807, 2.05) is 0 Å². The summed E-state index contributed by atoms with van der Waals surface area (Å²) in [6.07, 6.45) is -0.253. The van der Waals surface area contributed by atoms with Crippen LogP contribution in [0.15, 0.2) is 54.6 Å². The third kappa shape index (κ3) is 3.71. The van der Waals surface area contributed by atoms with Gasteiger partial charge in [0.1, 0.15) is 6.10 Å². The Balaban J connectivity index is 1.76. The Hall–Kier alpha value is -3.29. The topological polar surface area (TPSA) is 105 Å². The smallest absolute Gasteiger partial charge is 0.319 e. The average Bonchev–Trinajstić information content (AvgIpc) is 2.69. The molecule has 1 aliphatic carbocycles. The van der Waals surface area contributed by atoms with Crippen molar-refractivity contribution in [2.75, 3.05) is 11.9 Å². The molecule has 0 heterocycles. The highest BCUT2D eigenvalue weighted by molar-refractivity contribution is 6.30. The number of rotatable bonds is 6. The Kier molecular flexibility index (Phi) is 5.67. The van der Waals surface area contributed by atoms with Crippen LogP contribution in [-0.2, 0) is 4.89 Å². The van der Waals surface area contributed by atoms with E-state index in [-0.39, 0.29) is 34.9 Å². The minimum atomic E-state index is -0.583. The number of amides is 2. The van der Waals surface area contributed by atoms with Crippen molar-refractivity contribution >= 4 is 23.3 Å². The fourth-order valence-corrected chi connectivity index (χ4v) is 3.12. The van der Waals surface area contributed by atoms with Crippen molar-refractivity contribution in [2.24, 2.45) is 0 Å². The molecule has 28 heavy (non-hydrogen) atoms. The maximum atomic E-state index is 12.9. The molecule has 144 valence electrons. The monoisotopic (exact) mass is 380 g/mol. The number of carbonyl (C=O) groups is 3. The van der Waals surface area contributed by atoms with Crippen LogP contribution in [0.4, 0.5) is 10.5 Å². The molecule has 0 radical (unpaired) electrons. The van der Waals surface area contributed by atoms with Gasteiger partial charge in [0, 0.05) is 23.2 Å². The van der Waals surface area contributed by atoms with Gasteiger partial charge in [0.2, 0.25) is 0 Å². The summed E-state index contributed by atoms with van der Waals surface area (Å²) in [4.78, 5) is 42.1. The highest BCUT2D eigenvalue weighted by Crippen LogP contribution is 2.31. The first-order chi connectivity index (χ1) is 13.4. The lowest BCUT2D eigenvalue weighted by atomic mass is 9.83. The van der Waals surface area contributed by atoms with E-state index < -0.39 is 12.1 Å². The summed E-state index contributed by atoms with van der Waals surface area (Å²) in [7, 11) is 0. The lowest BCUT2D eigenvalue weighted by molar-refractivity contribution is -0.269. The molecule has 0 aromatic heterocycles. The molecule has 2 amide bonds. The van der Waals surface area contributed by atoms with Crippen molar-refractivity contribution in [3.63, 3.8) is 0 Å². The Labute approximate surface area is 161 Å². The van der Waals surface area contributed by atoms with Crippen molar-refractivity contribution in [3.8, 4) is 0 Å². The van der Waals surface area contributed by atoms with E-state index in [9.17, 15) is 14.4 Å². The number of ketones is 2. The van der Waals surface area contributed by atoms with Crippen LogP contribution in [0.2, 0.25) is 0 Å². The Morgan fingerprint density at radius 1 is 1.07 bits per heavy atom. The fraction of sp³-hybridized carbons (Fsp3) is 0.190. The summed E-state index contributed by atoms with van der Waals surface area (Å²) in [5.74, 6) is -0.559. The van der Waals surface area contributed by atoms with Crippen LogP contribution in [-0.4, -0.2) is 35.5 Å². The number of benzene rings is 2. The molecule has 3 N–H and O–H groups in total. The molecule has 0 spiro atoms. The normalized spacial score (nSPS) is 13.4. The molecule has 1 aliphatic rings. The first-order valence-electron chi connectivity index (χ1n) is 8.76. The van der Waals surface area contributed by atoms with Gasteiger partial charge in [-0.3, -0.25) is 14.8 Å². The predicted octanol–water partition coefficient (Wildman–Crippen LogP) is 3.41.